The highest BCUT2D eigenvalue weighted by atomic mass is 16.6. The first-order valence-electron chi connectivity index (χ1n) is 15.4. The summed E-state index contributed by atoms with van der Waals surface area (Å²) in [7, 11) is 0. The Hall–Kier alpha value is -1.69. The second kappa shape index (κ2) is 21.2. The van der Waals surface area contributed by atoms with Gasteiger partial charge in [-0.15, -0.1) is 0 Å². The monoisotopic (exact) mass is 530 g/mol. The van der Waals surface area contributed by atoms with E-state index in [1.807, 2.05) is 30.3 Å². The van der Waals surface area contributed by atoms with E-state index in [1.165, 1.54) is 96.0 Å². The fourth-order valence-corrected chi connectivity index (χ4v) is 5.05. The highest BCUT2D eigenvalue weighted by molar-refractivity contribution is 5.83. The molecule has 5 nitrogen and oxygen atoms in total. The summed E-state index contributed by atoms with van der Waals surface area (Å²) in [5, 5.41) is 9.88. The van der Waals surface area contributed by atoms with Crippen molar-refractivity contribution < 1.29 is 24.1 Å². The third-order valence-corrected chi connectivity index (χ3v) is 7.44. The highest BCUT2D eigenvalue weighted by Gasteiger charge is 2.38. The first kappa shape index (κ1) is 32.5. The SMILES string of the molecule is CCCCCCCCCCCCCCCCCCOC(=O)/C=C1/COC(CO)(COCc2ccccc2)C1. The van der Waals surface area contributed by atoms with Crippen molar-refractivity contribution in [2.45, 2.75) is 128 Å². The van der Waals surface area contributed by atoms with Gasteiger partial charge in [-0.2, -0.15) is 0 Å². The molecule has 1 saturated heterocycles. The van der Waals surface area contributed by atoms with E-state index in [4.69, 9.17) is 14.2 Å². The third kappa shape index (κ3) is 15.0. The van der Waals surface area contributed by atoms with Crippen LogP contribution in [0.4, 0.5) is 0 Å². The number of hydrogen-bond acceptors (Lipinski definition) is 5. The van der Waals surface area contributed by atoms with Crippen molar-refractivity contribution in [3.8, 4) is 0 Å². The van der Waals surface area contributed by atoms with Gasteiger partial charge in [0.05, 0.1) is 33.0 Å². The van der Waals surface area contributed by atoms with Crippen molar-refractivity contribution >= 4 is 5.97 Å². The van der Waals surface area contributed by atoms with Crippen molar-refractivity contribution in [3.63, 3.8) is 0 Å². The molecule has 2 rings (SSSR count). The topological polar surface area (TPSA) is 65.0 Å². The molecule has 1 N–H and O–H groups in total. The molecular weight excluding hydrogens is 476 g/mol. The standard InChI is InChI=1S/C33H54O5/c1-2-3-4-5-6-7-8-9-10-11-12-13-14-15-16-20-23-37-32(35)24-31-25-33(28-34,38-27-31)29-36-26-30-21-18-17-19-22-30/h17-19,21-22,24,34H,2-16,20,23,25-29H2,1H3/b31-24+. The first-order chi connectivity index (χ1) is 18.7. The Morgan fingerprint density at radius 2 is 1.42 bits per heavy atom. The lowest BCUT2D eigenvalue weighted by molar-refractivity contribution is -0.137. The first-order valence-corrected chi connectivity index (χ1v) is 15.4. The number of unbranched alkanes of at least 4 members (excludes halogenated alkanes) is 15. The van der Waals surface area contributed by atoms with E-state index in [0.717, 1.165) is 24.0 Å². The largest absolute Gasteiger partial charge is 0.463 e. The molecule has 0 amide bonds. The van der Waals surface area contributed by atoms with Crippen molar-refractivity contribution in [1.29, 1.82) is 0 Å². The quantitative estimate of drug-likeness (QED) is 0.0880. The summed E-state index contributed by atoms with van der Waals surface area (Å²) in [6, 6.07) is 9.91. The van der Waals surface area contributed by atoms with Gasteiger partial charge in [0, 0.05) is 12.5 Å². The number of hydrogen-bond donors (Lipinski definition) is 1. The molecule has 216 valence electrons. The Morgan fingerprint density at radius 1 is 0.868 bits per heavy atom. The molecule has 1 aromatic rings. The van der Waals surface area contributed by atoms with Gasteiger partial charge in [-0.3, -0.25) is 0 Å². The number of rotatable bonds is 23. The van der Waals surface area contributed by atoms with Crippen molar-refractivity contribution in [1.82, 2.24) is 0 Å². The Morgan fingerprint density at radius 3 is 1.97 bits per heavy atom. The molecule has 0 aliphatic carbocycles. The zero-order valence-corrected chi connectivity index (χ0v) is 24.1. The van der Waals surface area contributed by atoms with Crippen molar-refractivity contribution in [2.75, 3.05) is 26.4 Å². The van der Waals surface area contributed by atoms with Crippen molar-refractivity contribution in [3.05, 3.63) is 47.5 Å². The van der Waals surface area contributed by atoms with E-state index < -0.39 is 5.60 Å². The lowest BCUT2D eigenvalue weighted by Crippen LogP contribution is -2.37. The Balaban J connectivity index is 1.42. The smallest absolute Gasteiger partial charge is 0.330 e. The number of carbonyl (C=O) groups excluding carboxylic acids is 1. The van der Waals surface area contributed by atoms with Crippen LogP contribution in [0.3, 0.4) is 0 Å². The molecule has 0 bridgehead atoms. The number of carbonyl (C=O) groups is 1. The summed E-state index contributed by atoms with van der Waals surface area (Å²) in [6.07, 6.45) is 23.2. The summed E-state index contributed by atoms with van der Waals surface area (Å²) >= 11 is 0. The second-order valence-corrected chi connectivity index (χ2v) is 11.1. The van der Waals surface area contributed by atoms with Gasteiger partial charge in [0.25, 0.3) is 0 Å². The van der Waals surface area contributed by atoms with E-state index in [1.54, 1.807) is 0 Å². The van der Waals surface area contributed by atoms with Crippen LogP contribution in [0.25, 0.3) is 0 Å². The number of aliphatic hydroxyl groups is 1. The number of ether oxygens (including phenoxy) is 3. The second-order valence-electron chi connectivity index (χ2n) is 11.1. The number of aliphatic hydroxyl groups excluding tert-OH is 1. The Labute approximate surface area is 232 Å². The maximum atomic E-state index is 12.2. The van der Waals surface area contributed by atoms with Crippen LogP contribution in [-0.2, 0) is 25.6 Å². The van der Waals surface area contributed by atoms with Gasteiger partial charge < -0.3 is 19.3 Å². The fraction of sp³-hybridized carbons (Fsp3) is 0.727. The molecule has 1 atom stereocenters. The fourth-order valence-electron chi connectivity index (χ4n) is 5.05. The zero-order chi connectivity index (χ0) is 27.2. The van der Waals surface area contributed by atoms with Gasteiger partial charge in [0.1, 0.15) is 5.60 Å². The molecule has 0 aromatic heterocycles. The summed E-state index contributed by atoms with van der Waals surface area (Å²) in [5.74, 6) is -0.316. The minimum Gasteiger partial charge on any atom is -0.463 e. The summed E-state index contributed by atoms with van der Waals surface area (Å²) in [4.78, 5) is 12.2. The van der Waals surface area contributed by atoms with Gasteiger partial charge in [0.2, 0.25) is 0 Å². The Kier molecular flexibility index (Phi) is 18.1. The van der Waals surface area contributed by atoms with Crippen LogP contribution >= 0.6 is 0 Å². The van der Waals surface area contributed by atoms with Crippen LogP contribution in [0.1, 0.15) is 122 Å². The molecule has 0 saturated carbocycles. The van der Waals surface area contributed by atoms with Gasteiger partial charge in [-0.1, -0.05) is 134 Å². The molecule has 0 spiro atoms. The van der Waals surface area contributed by atoms with E-state index in [9.17, 15) is 9.90 Å². The molecule has 1 aromatic carbocycles. The van der Waals surface area contributed by atoms with E-state index in [2.05, 4.69) is 6.92 Å². The average Bonchev–Trinajstić information content (AvgIpc) is 3.34. The van der Waals surface area contributed by atoms with Crippen LogP contribution in [0.5, 0.6) is 0 Å². The minimum absolute atomic E-state index is 0.145. The molecule has 1 fully saturated rings. The number of esters is 1. The van der Waals surface area contributed by atoms with Crippen molar-refractivity contribution in [2.24, 2.45) is 0 Å². The van der Waals surface area contributed by atoms with E-state index in [0.29, 0.717) is 26.2 Å². The van der Waals surface area contributed by atoms with E-state index >= 15 is 0 Å². The van der Waals surface area contributed by atoms with Gasteiger partial charge >= 0.3 is 5.97 Å². The molecule has 1 aliphatic rings. The lowest BCUT2D eigenvalue weighted by atomic mass is 9.99. The predicted molar refractivity (Wildman–Crippen MR) is 155 cm³/mol. The minimum atomic E-state index is -0.783. The van der Waals surface area contributed by atoms with Gasteiger partial charge in [-0.25, -0.2) is 4.79 Å². The normalized spacial score (nSPS) is 18.3. The van der Waals surface area contributed by atoms with Gasteiger partial charge in [0.15, 0.2) is 0 Å². The predicted octanol–water partition coefficient (Wildman–Crippen LogP) is 8.09. The molecule has 5 heteroatoms. The van der Waals surface area contributed by atoms with Crippen LogP contribution in [0.2, 0.25) is 0 Å². The molecule has 38 heavy (non-hydrogen) atoms. The Bertz CT molecular complexity index is 747. The maximum Gasteiger partial charge on any atom is 0.330 e. The zero-order valence-electron chi connectivity index (χ0n) is 24.1. The molecule has 1 heterocycles. The molecule has 1 aliphatic heterocycles. The molecular formula is C33H54O5. The van der Waals surface area contributed by atoms with Crippen LogP contribution < -0.4 is 0 Å². The highest BCUT2D eigenvalue weighted by Crippen LogP contribution is 2.30. The summed E-state index contributed by atoms with van der Waals surface area (Å²) < 4.78 is 17.0. The molecule has 1 unspecified atom stereocenters. The number of benzene rings is 1. The summed E-state index contributed by atoms with van der Waals surface area (Å²) in [5.41, 5.74) is 1.14. The third-order valence-electron chi connectivity index (χ3n) is 7.44. The van der Waals surface area contributed by atoms with Crippen LogP contribution in [0.15, 0.2) is 42.0 Å². The average molecular weight is 531 g/mol. The lowest BCUT2D eigenvalue weighted by Gasteiger charge is -2.25. The van der Waals surface area contributed by atoms with Crippen LogP contribution in [-0.4, -0.2) is 43.1 Å². The summed E-state index contributed by atoms with van der Waals surface area (Å²) in [6.45, 7) is 3.67. The molecule has 0 radical (unpaired) electrons. The maximum absolute atomic E-state index is 12.2. The van der Waals surface area contributed by atoms with Crippen LogP contribution in [0, 0.1) is 0 Å². The van der Waals surface area contributed by atoms with Gasteiger partial charge in [-0.05, 0) is 17.6 Å². The van der Waals surface area contributed by atoms with E-state index in [-0.39, 0.29) is 19.2 Å².